The summed E-state index contributed by atoms with van der Waals surface area (Å²) in [6.07, 6.45) is 6.02. The highest BCUT2D eigenvalue weighted by molar-refractivity contribution is 5.42. The maximum Gasteiger partial charge on any atom is 0.155 e. The van der Waals surface area contributed by atoms with E-state index < -0.39 is 0 Å². The third kappa shape index (κ3) is 0.974. The summed E-state index contributed by atoms with van der Waals surface area (Å²) in [5, 5.41) is 4.49. The molecule has 4 heteroatoms. The van der Waals surface area contributed by atoms with E-state index in [2.05, 4.69) is 10.1 Å². The molecule has 2 aromatic rings. The van der Waals surface area contributed by atoms with E-state index in [1.807, 2.05) is 22.8 Å². The summed E-state index contributed by atoms with van der Waals surface area (Å²) >= 11 is 0. The van der Waals surface area contributed by atoms with E-state index in [9.17, 15) is 0 Å². The Hall–Kier alpha value is -1.42. The third-order valence-electron chi connectivity index (χ3n) is 3.02. The standard InChI is InChI=1S/C10H12N4/c11-7-10(2-3-10)8-6-9-12-4-1-5-14(9)13-8/h1,4-6H,2-3,7,11H2. The lowest BCUT2D eigenvalue weighted by atomic mass is 10.0. The predicted octanol–water partition coefficient (Wildman–Crippen LogP) is 0.720. The van der Waals surface area contributed by atoms with Crippen LogP contribution in [0.25, 0.3) is 5.65 Å². The van der Waals surface area contributed by atoms with Gasteiger partial charge in [-0.3, -0.25) is 0 Å². The molecule has 0 amide bonds. The van der Waals surface area contributed by atoms with E-state index in [4.69, 9.17) is 5.73 Å². The number of aromatic nitrogens is 3. The number of fused-ring (bicyclic) bond motifs is 1. The van der Waals surface area contributed by atoms with Crippen molar-refractivity contribution in [3.05, 3.63) is 30.2 Å². The van der Waals surface area contributed by atoms with Gasteiger partial charge in [-0.2, -0.15) is 5.10 Å². The van der Waals surface area contributed by atoms with Gasteiger partial charge in [0.25, 0.3) is 0 Å². The highest BCUT2D eigenvalue weighted by atomic mass is 15.3. The second-order valence-electron chi connectivity index (χ2n) is 3.94. The molecule has 1 aliphatic carbocycles. The summed E-state index contributed by atoms with van der Waals surface area (Å²) in [6, 6.07) is 3.92. The Morgan fingerprint density at radius 2 is 2.36 bits per heavy atom. The molecule has 0 bridgehead atoms. The van der Waals surface area contributed by atoms with Gasteiger partial charge in [0.2, 0.25) is 0 Å². The minimum absolute atomic E-state index is 0.160. The summed E-state index contributed by atoms with van der Waals surface area (Å²) < 4.78 is 1.81. The van der Waals surface area contributed by atoms with Gasteiger partial charge in [0.05, 0.1) is 5.69 Å². The lowest BCUT2D eigenvalue weighted by Gasteiger charge is -2.06. The summed E-state index contributed by atoms with van der Waals surface area (Å²) in [4.78, 5) is 4.24. The highest BCUT2D eigenvalue weighted by Gasteiger charge is 2.45. The Morgan fingerprint density at radius 3 is 3.00 bits per heavy atom. The van der Waals surface area contributed by atoms with Crippen LogP contribution in [0.2, 0.25) is 0 Å². The monoisotopic (exact) mass is 188 g/mol. The van der Waals surface area contributed by atoms with Gasteiger partial charge >= 0.3 is 0 Å². The van der Waals surface area contributed by atoms with Crippen LogP contribution in [-0.4, -0.2) is 21.1 Å². The molecule has 0 atom stereocenters. The number of nitrogens with two attached hydrogens (primary N) is 1. The van der Waals surface area contributed by atoms with Crippen molar-refractivity contribution < 1.29 is 0 Å². The molecular formula is C10H12N4. The fourth-order valence-electron chi connectivity index (χ4n) is 1.80. The number of hydrogen-bond donors (Lipinski definition) is 1. The first-order chi connectivity index (χ1) is 6.84. The average molecular weight is 188 g/mol. The summed E-state index contributed by atoms with van der Waals surface area (Å²) in [6.45, 7) is 0.691. The van der Waals surface area contributed by atoms with Crippen LogP contribution in [0, 0.1) is 0 Å². The molecule has 0 saturated heterocycles. The van der Waals surface area contributed by atoms with Crippen molar-refractivity contribution in [2.24, 2.45) is 5.73 Å². The molecule has 14 heavy (non-hydrogen) atoms. The second-order valence-corrected chi connectivity index (χ2v) is 3.94. The van der Waals surface area contributed by atoms with Crippen LogP contribution in [0.15, 0.2) is 24.5 Å². The fraction of sp³-hybridized carbons (Fsp3) is 0.400. The molecule has 0 spiro atoms. The van der Waals surface area contributed by atoms with Crippen molar-refractivity contribution in [3.8, 4) is 0 Å². The minimum atomic E-state index is 0.160. The molecule has 1 saturated carbocycles. The molecule has 0 aromatic carbocycles. The summed E-state index contributed by atoms with van der Waals surface area (Å²) in [5.41, 5.74) is 7.91. The van der Waals surface area contributed by atoms with Crippen LogP contribution in [0.1, 0.15) is 18.5 Å². The minimum Gasteiger partial charge on any atom is -0.330 e. The Morgan fingerprint density at radius 1 is 1.50 bits per heavy atom. The van der Waals surface area contributed by atoms with Gasteiger partial charge in [-0.05, 0) is 18.9 Å². The maximum atomic E-state index is 5.75. The van der Waals surface area contributed by atoms with Crippen molar-refractivity contribution in [3.63, 3.8) is 0 Å². The Kier molecular flexibility index (Phi) is 1.44. The van der Waals surface area contributed by atoms with Gasteiger partial charge < -0.3 is 5.73 Å². The molecule has 72 valence electrons. The van der Waals surface area contributed by atoms with Gasteiger partial charge in [-0.1, -0.05) is 0 Å². The first kappa shape index (κ1) is 7.94. The molecule has 0 aliphatic heterocycles. The summed E-state index contributed by atoms with van der Waals surface area (Å²) in [5.74, 6) is 0. The Balaban J connectivity index is 2.15. The lowest BCUT2D eigenvalue weighted by molar-refractivity contribution is 0.666. The normalized spacial score (nSPS) is 18.6. The van der Waals surface area contributed by atoms with Crippen molar-refractivity contribution in [2.45, 2.75) is 18.3 Å². The molecule has 2 heterocycles. The quantitative estimate of drug-likeness (QED) is 0.755. The number of hydrogen-bond acceptors (Lipinski definition) is 3. The van der Waals surface area contributed by atoms with Crippen LogP contribution in [-0.2, 0) is 5.41 Å². The molecule has 2 aromatic heterocycles. The SMILES string of the molecule is NCC1(c2cc3ncccn3n2)CC1. The predicted molar refractivity (Wildman–Crippen MR) is 53.0 cm³/mol. The van der Waals surface area contributed by atoms with Crippen molar-refractivity contribution >= 4 is 5.65 Å². The van der Waals surface area contributed by atoms with E-state index in [1.165, 1.54) is 0 Å². The average Bonchev–Trinajstić information content (AvgIpc) is 2.91. The van der Waals surface area contributed by atoms with Crippen LogP contribution in [0.4, 0.5) is 0 Å². The zero-order chi connectivity index (χ0) is 9.60. The van der Waals surface area contributed by atoms with Crippen molar-refractivity contribution in [1.29, 1.82) is 0 Å². The number of rotatable bonds is 2. The molecule has 0 unspecified atom stereocenters. The van der Waals surface area contributed by atoms with E-state index in [0.29, 0.717) is 6.54 Å². The molecule has 0 radical (unpaired) electrons. The number of nitrogens with zero attached hydrogens (tertiary/aromatic N) is 3. The van der Waals surface area contributed by atoms with Crippen LogP contribution in [0.3, 0.4) is 0 Å². The van der Waals surface area contributed by atoms with Gasteiger partial charge in [0.15, 0.2) is 5.65 Å². The van der Waals surface area contributed by atoms with Crippen molar-refractivity contribution in [1.82, 2.24) is 14.6 Å². The van der Waals surface area contributed by atoms with Gasteiger partial charge in [-0.15, -0.1) is 0 Å². The Labute approximate surface area is 81.8 Å². The molecule has 4 nitrogen and oxygen atoms in total. The van der Waals surface area contributed by atoms with Crippen LogP contribution >= 0.6 is 0 Å². The largest absolute Gasteiger partial charge is 0.330 e. The van der Waals surface area contributed by atoms with E-state index in [0.717, 1.165) is 24.2 Å². The molecule has 1 aliphatic rings. The Bertz CT molecular complexity index is 437. The van der Waals surface area contributed by atoms with Gasteiger partial charge in [0, 0.05) is 30.4 Å². The smallest absolute Gasteiger partial charge is 0.155 e. The first-order valence-electron chi connectivity index (χ1n) is 4.85. The fourth-order valence-corrected chi connectivity index (χ4v) is 1.80. The first-order valence-corrected chi connectivity index (χ1v) is 4.85. The third-order valence-corrected chi connectivity index (χ3v) is 3.02. The molecular weight excluding hydrogens is 176 g/mol. The topological polar surface area (TPSA) is 56.2 Å². The van der Waals surface area contributed by atoms with Crippen LogP contribution < -0.4 is 5.73 Å². The molecule has 2 N–H and O–H groups in total. The summed E-state index contributed by atoms with van der Waals surface area (Å²) in [7, 11) is 0. The lowest BCUT2D eigenvalue weighted by Crippen LogP contribution is -2.20. The zero-order valence-corrected chi connectivity index (χ0v) is 7.85. The zero-order valence-electron chi connectivity index (χ0n) is 7.85. The molecule has 3 rings (SSSR count). The van der Waals surface area contributed by atoms with E-state index in [1.54, 1.807) is 6.20 Å². The van der Waals surface area contributed by atoms with Gasteiger partial charge in [-0.25, -0.2) is 9.50 Å². The van der Waals surface area contributed by atoms with Crippen LogP contribution in [0.5, 0.6) is 0 Å². The second kappa shape index (κ2) is 2.54. The molecule has 1 fully saturated rings. The highest BCUT2D eigenvalue weighted by Crippen LogP contribution is 2.46. The maximum absolute atomic E-state index is 5.75. The van der Waals surface area contributed by atoms with Crippen molar-refractivity contribution in [2.75, 3.05) is 6.54 Å². The van der Waals surface area contributed by atoms with E-state index >= 15 is 0 Å². The van der Waals surface area contributed by atoms with Gasteiger partial charge in [0.1, 0.15) is 0 Å². The van der Waals surface area contributed by atoms with E-state index in [-0.39, 0.29) is 5.41 Å².